The third-order valence-electron chi connectivity index (χ3n) is 17.9. The molecular weight excluding hydrogens is 1030 g/mol. The summed E-state index contributed by atoms with van der Waals surface area (Å²) in [7, 11) is 0. The lowest BCUT2D eigenvalue weighted by Gasteiger charge is -2.20. The summed E-state index contributed by atoms with van der Waals surface area (Å²) in [5, 5.41) is 23.2. The predicted octanol–water partition coefficient (Wildman–Crippen LogP) is 25.0. The van der Waals surface area contributed by atoms with Gasteiger partial charge < -0.3 is 20.3 Å². The van der Waals surface area contributed by atoms with Crippen LogP contribution in [0.2, 0.25) is 0 Å². The number of rotatable bonds is 72. The molecule has 0 radical (unpaired) electrons. The van der Waals surface area contributed by atoms with Crippen molar-refractivity contribution in [3.8, 4) is 0 Å². The van der Waals surface area contributed by atoms with Gasteiger partial charge in [-0.05, 0) is 64.2 Å². The van der Waals surface area contributed by atoms with Gasteiger partial charge in [0.1, 0.15) is 0 Å². The fourth-order valence-corrected chi connectivity index (χ4v) is 12.1. The quantitative estimate of drug-likeness (QED) is 0.0320. The first-order chi connectivity index (χ1) is 41.5. The standard InChI is InChI=1S/C78H149NO5/c1-3-5-7-9-11-13-15-17-19-21-38-42-46-50-54-58-62-66-70-76(81)75(74-80)79-77(82)71-67-63-59-55-51-47-43-39-36-34-32-30-28-26-24-23-25-27-29-31-33-35-37-41-45-49-53-57-61-65-69-73-84-78(83)72-68-64-60-56-52-48-44-40-22-20-18-16-14-12-10-8-6-4-2/h25,27,31,33,66,70,75-76,80-81H,3-24,26,28-30,32,34-65,67-69,71-74H2,1-2H3,(H,79,82)/b27-25-,33-31-,70-66+. The third kappa shape index (κ3) is 69.2. The largest absolute Gasteiger partial charge is 0.466 e. The monoisotopic (exact) mass is 1180 g/mol. The lowest BCUT2D eigenvalue weighted by atomic mass is 10.0. The zero-order valence-electron chi connectivity index (χ0n) is 56.9. The zero-order chi connectivity index (χ0) is 60.6. The molecule has 0 aromatic heterocycles. The van der Waals surface area contributed by atoms with Gasteiger partial charge in [-0.15, -0.1) is 0 Å². The Morgan fingerprint density at radius 1 is 0.333 bits per heavy atom. The van der Waals surface area contributed by atoms with E-state index in [1.807, 2.05) is 6.08 Å². The van der Waals surface area contributed by atoms with Crippen molar-refractivity contribution < 1.29 is 24.5 Å². The van der Waals surface area contributed by atoms with Crippen molar-refractivity contribution in [2.24, 2.45) is 0 Å². The van der Waals surface area contributed by atoms with E-state index in [0.29, 0.717) is 19.4 Å². The van der Waals surface area contributed by atoms with Gasteiger partial charge in [0.05, 0.1) is 25.4 Å². The Bertz CT molecular complexity index is 1360. The van der Waals surface area contributed by atoms with Crippen LogP contribution in [0.4, 0.5) is 0 Å². The van der Waals surface area contributed by atoms with Crippen molar-refractivity contribution in [3.05, 3.63) is 36.5 Å². The Balaban J connectivity index is 3.39. The summed E-state index contributed by atoms with van der Waals surface area (Å²) in [6, 6.07) is -0.628. The number of hydrogen-bond donors (Lipinski definition) is 3. The van der Waals surface area contributed by atoms with E-state index in [0.717, 1.165) is 44.9 Å². The van der Waals surface area contributed by atoms with Crippen molar-refractivity contribution in [1.82, 2.24) is 5.32 Å². The average molecular weight is 1180 g/mol. The predicted molar refractivity (Wildman–Crippen MR) is 370 cm³/mol. The maximum atomic E-state index is 12.5. The Labute approximate surface area is 525 Å². The number of hydrogen-bond acceptors (Lipinski definition) is 5. The smallest absolute Gasteiger partial charge is 0.305 e. The van der Waals surface area contributed by atoms with Gasteiger partial charge in [-0.1, -0.05) is 384 Å². The number of carbonyl (C=O) groups is 2. The summed E-state index contributed by atoms with van der Waals surface area (Å²) in [5.74, 6) is -0.0460. The number of esters is 1. The fraction of sp³-hybridized carbons (Fsp3) is 0.897. The molecule has 0 spiro atoms. The Hall–Kier alpha value is -1.92. The van der Waals surface area contributed by atoms with E-state index in [1.54, 1.807) is 6.08 Å². The molecule has 0 fully saturated rings. The number of aliphatic hydroxyl groups is 2. The molecule has 0 saturated carbocycles. The van der Waals surface area contributed by atoms with Crippen LogP contribution in [0.5, 0.6) is 0 Å². The third-order valence-corrected chi connectivity index (χ3v) is 17.9. The molecular formula is C78H149NO5. The summed E-state index contributed by atoms with van der Waals surface area (Å²) in [6.45, 7) is 4.95. The number of amides is 1. The second-order valence-corrected chi connectivity index (χ2v) is 26.3. The van der Waals surface area contributed by atoms with Gasteiger partial charge in [0.25, 0.3) is 0 Å². The molecule has 6 heteroatoms. The number of ether oxygens (including phenoxy) is 1. The molecule has 496 valence electrons. The van der Waals surface area contributed by atoms with Crippen LogP contribution < -0.4 is 5.32 Å². The number of unbranched alkanes of at least 4 members (excludes halogenated alkanes) is 57. The molecule has 0 aliphatic heterocycles. The number of nitrogens with one attached hydrogen (secondary N) is 1. The number of carbonyl (C=O) groups excluding carboxylic acids is 2. The molecule has 1 amide bonds. The van der Waals surface area contributed by atoms with Crippen LogP contribution in [0.3, 0.4) is 0 Å². The highest BCUT2D eigenvalue weighted by atomic mass is 16.5. The number of aliphatic hydroxyl groups excluding tert-OH is 2. The molecule has 0 rings (SSSR count). The van der Waals surface area contributed by atoms with E-state index >= 15 is 0 Å². The molecule has 2 atom stereocenters. The van der Waals surface area contributed by atoms with E-state index in [9.17, 15) is 19.8 Å². The SMILES string of the molecule is CCCCCCCCCCCCCCCCCC/C=C/C(O)C(CO)NC(=O)CCCCCCCCCCCCCCCCC/C=C\C/C=C\CCCCCCCCCCCOC(=O)CCCCCCCCCCCCCCCCCCCC. The molecule has 2 unspecified atom stereocenters. The topological polar surface area (TPSA) is 95.9 Å². The highest BCUT2D eigenvalue weighted by Gasteiger charge is 2.18. The highest BCUT2D eigenvalue weighted by Crippen LogP contribution is 2.19. The molecule has 3 N–H and O–H groups in total. The first-order valence-corrected chi connectivity index (χ1v) is 38.3. The molecule has 0 aromatic rings. The van der Waals surface area contributed by atoms with E-state index < -0.39 is 12.1 Å². The Morgan fingerprint density at radius 2 is 0.595 bits per heavy atom. The second-order valence-electron chi connectivity index (χ2n) is 26.3. The van der Waals surface area contributed by atoms with Crippen LogP contribution in [-0.4, -0.2) is 47.4 Å². The summed E-state index contributed by atoms with van der Waals surface area (Å²) in [6.07, 6.45) is 95.4. The van der Waals surface area contributed by atoms with E-state index in [-0.39, 0.29) is 18.5 Å². The molecule has 0 bridgehead atoms. The van der Waals surface area contributed by atoms with E-state index in [2.05, 4.69) is 43.5 Å². The van der Waals surface area contributed by atoms with Crippen LogP contribution in [0.25, 0.3) is 0 Å². The first kappa shape index (κ1) is 82.1. The number of allylic oxidation sites excluding steroid dienone is 5. The molecule has 0 aliphatic rings. The van der Waals surface area contributed by atoms with Crippen molar-refractivity contribution in [2.45, 2.75) is 437 Å². The van der Waals surface area contributed by atoms with Crippen LogP contribution in [0, 0.1) is 0 Å². The average Bonchev–Trinajstić information content (AvgIpc) is 3.51. The Morgan fingerprint density at radius 3 is 0.905 bits per heavy atom. The van der Waals surface area contributed by atoms with Gasteiger partial charge in [-0.2, -0.15) is 0 Å². The minimum atomic E-state index is -0.845. The van der Waals surface area contributed by atoms with Crippen LogP contribution in [0.15, 0.2) is 36.5 Å². The van der Waals surface area contributed by atoms with Gasteiger partial charge in [0.15, 0.2) is 0 Å². The minimum Gasteiger partial charge on any atom is -0.466 e. The summed E-state index contributed by atoms with van der Waals surface area (Å²) in [4.78, 5) is 24.6. The van der Waals surface area contributed by atoms with E-state index in [4.69, 9.17) is 4.74 Å². The fourth-order valence-electron chi connectivity index (χ4n) is 12.1. The van der Waals surface area contributed by atoms with Gasteiger partial charge in [0, 0.05) is 12.8 Å². The van der Waals surface area contributed by atoms with Crippen molar-refractivity contribution in [2.75, 3.05) is 13.2 Å². The summed E-state index contributed by atoms with van der Waals surface area (Å²) >= 11 is 0. The molecule has 0 aliphatic carbocycles. The van der Waals surface area contributed by atoms with Gasteiger partial charge >= 0.3 is 5.97 Å². The lowest BCUT2D eigenvalue weighted by Crippen LogP contribution is -2.45. The summed E-state index contributed by atoms with van der Waals surface area (Å²) < 4.78 is 5.51. The normalized spacial score (nSPS) is 12.7. The second kappa shape index (κ2) is 73.5. The van der Waals surface area contributed by atoms with Crippen molar-refractivity contribution in [3.63, 3.8) is 0 Å². The maximum absolute atomic E-state index is 12.5. The molecule has 84 heavy (non-hydrogen) atoms. The van der Waals surface area contributed by atoms with Crippen molar-refractivity contribution in [1.29, 1.82) is 0 Å². The van der Waals surface area contributed by atoms with Crippen molar-refractivity contribution >= 4 is 11.9 Å². The first-order valence-electron chi connectivity index (χ1n) is 38.3. The van der Waals surface area contributed by atoms with Crippen LogP contribution >= 0.6 is 0 Å². The molecule has 0 heterocycles. The van der Waals surface area contributed by atoms with Gasteiger partial charge in [-0.3, -0.25) is 9.59 Å². The zero-order valence-corrected chi connectivity index (χ0v) is 56.9. The highest BCUT2D eigenvalue weighted by molar-refractivity contribution is 5.76. The molecule has 0 aromatic carbocycles. The van der Waals surface area contributed by atoms with Crippen LogP contribution in [0.1, 0.15) is 425 Å². The molecule has 6 nitrogen and oxygen atoms in total. The van der Waals surface area contributed by atoms with E-state index in [1.165, 1.54) is 353 Å². The van der Waals surface area contributed by atoms with Gasteiger partial charge in [0.2, 0.25) is 5.91 Å². The minimum absolute atomic E-state index is 0.0180. The summed E-state index contributed by atoms with van der Waals surface area (Å²) in [5.41, 5.74) is 0. The van der Waals surface area contributed by atoms with Crippen LogP contribution in [-0.2, 0) is 14.3 Å². The Kier molecular flexibility index (Phi) is 71.9. The molecule has 0 saturated heterocycles. The maximum Gasteiger partial charge on any atom is 0.305 e. The lowest BCUT2D eigenvalue weighted by molar-refractivity contribution is -0.143. The van der Waals surface area contributed by atoms with Gasteiger partial charge in [-0.25, -0.2) is 0 Å².